The van der Waals surface area contributed by atoms with E-state index < -0.39 is 11.9 Å². The quantitative estimate of drug-likeness (QED) is 0.651. The molecule has 0 fully saturated rings. The number of rotatable bonds is 4. The molecule has 0 saturated carbocycles. The lowest BCUT2D eigenvalue weighted by atomic mass is 10.1. The predicted octanol–water partition coefficient (Wildman–Crippen LogP) is 3.59. The van der Waals surface area contributed by atoms with Gasteiger partial charge in [-0.25, -0.2) is 9.59 Å². The third kappa shape index (κ3) is 3.75. The molecule has 0 amide bonds. The molecule has 0 aliphatic rings. The molecule has 0 radical (unpaired) electrons. The molecule has 0 N–H and O–H groups in total. The Bertz CT molecular complexity index is 1040. The van der Waals surface area contributed by atoms with E-state index in [9.17, 15) is 14.4 Å². The first-order valence-electron chi connectivity index (χ1n) is 7.56. The van der Waals surface area contributed by atoms with Crippen LogP contribution in [-0.2, 0) is 16.1 Å². The Kier molecular flexibility index (Phi) is 5.04. The average molecular weight is 373 g/mol. The molecule has 7 heteroatoms. The first kappa shape index (κ1) is 17.7. The van der Waals surface area contributed by atoms with Gasteiger partial charge in [0.2, 0.25) is 5.76 Å². The second kappa shape index (κ2) is 7.41. The fraction of sp³-hybridized carbons (Fsp3) is 0.105. The molecular formula is C19H13ClO6. The van der Waals surface area contributed by atoms with E-state index in [0.717, 1.165) is 6.07 Å². The Morgan fingerprint density at radius 3 is 2.46 bits per heavy atom. The predicted molar refractivity (Wildman–Crippen MR) is 94.4 cm³/mol. The largest absolute Gasteiger partial charge is 0.465 e. The third-order valence-electron chi connectivity index (χ3n) is 3.64. The summed E-state index contributed by atoms with van der Waals surface area (Å²) in [7, 11) is 1.29. The van der Waals surface area contributed by atoms with Crippen molar-refractivity contribution >= 4 is 34.5 Å². The SMILES string of the molecule is COC(=O)c1ccc(COC(=O)c2cc(=O)c3cc(Cl)ccc3o2)cc1. The highest BCUT2D eigenvalue weighted by Gasteiger charge is 2.14. The normalized spacial score (nSPS) is 10.5. The van der Waals surface area contributed by atoms with Gasteiger partial charge in [0, 0.05) is 11.1 Å². The van der Waals surface area contributed by atoms with Gasteiger partial charge in [-0.3, -0.25) is 4.79 Å². The van der Waals surface area contributed by atoms with Crippen LogP contribution in [0.2, 0.25) is 5.02 Å². The Balaban J connectivity index is 1.74. The van der Waals surface area contributed by atoms with Gasteiger partial charge in [-0.15, -0.1) is 0 Å². The van der Waals surface area contributed by atoms with E-state index in [0.29, 0.717) is 16.1 Å². The highest BCUT2D eigenvalue weighted by atomic mass is 35.5. The fourth-order valence-corrected chi connectivity index (χ4v) is 2.48. The highest BCUT2D eigenvalue weighted by Crippen LogP contribution is 2.18. The summed E-state index contributed by atoms with van der Waals surface area (Å²) in [6, 6.07) is 12.0. The smallest absolute Gasteiger partial charge is 0.374 e. The summed E-state index contributed by atoms with van der Waals surface area (Å²) in [6.45, 7) is -0.0390. The third-order valence-corrected chi connectivity index (χ3v) is 3.87. The summed E-state index contributed by atoms with van der Waals surface area (Å²) in [5.74, 6) is -1.42. The van der Waals surface area contributed by atoms with Crippen LogP contribution < -0.4 is 5.43 Å². The number of carbonyl (C=O) groups excluding carboxylic acids is 2. The van der Waals surface area contributed by atoms with Gasteiger partial charge in [0.15, 0.2) is 5.43 Å². The molecular weight excluding hydrogens is 360 g/mol. The van der Waals surface area contributed by atoms with Gasteiger partial charge in [0.1, 0.15) is 12.2 Å². The van der Waals surface area contributed by atoms with Crippen molar-refractivity contribution in [3.8, 4) is 0 Å². The number of esters is 2. The van der Waals surface area contributed by atoms with Crippen molar-refractivity contribution in [3.05, 3.63) is 80.7 Å². The van der Waals surface area contributed by atoms with E-state index in [-0.39, 0.29) is 28.8 Å². The van der Waals surface area contributed by atoms with Crippen LogP contribution in [0.4, 0.5) is 0 Å². The summed E-state index contributed by atoms with van der Waals surface area (Å²) in [4.78, 5) is 35.6. The number of methoxy groups -OCH3 is 1. The van der Waals surface area contributed by atoms with Gasteiger partial charge in [0.25, 0.3) is 0 Å². The lowest BCUT2D eigenvalue weighted by Gasteiger charge is -2.06. The van der Waals surface area contributed by atoms with E-state index in [2.05, 4.69) is 4.74 Å². The Labute approximate surface area is 152 Å². The number of halogens is 1. The summed E-state index contributed by atoms with van der Waals surface area (Å²) in [5, 5.41) is 0.683. The van der Waals surface area contributed by atoms with E-state index in [1.165, 1.54) is 19.2 Å². The Morgan fingerprint density at radius 2 is 1.77 bits per heavy atom. The fourth-order valence-electron chi connectivity index (χ4n) is 2.30. The molecule has 0 bridgehead atoms. The van der Waals surface area contributed by atoms with Crippen LogP contribution in [-0.4, -0.2) is 19.0 Å². The molecule has 0 unspecified atom stereocenters. The molecule has 0 spiro atoms. The van der Waals surface area contributed by atoms with Gasteiger partial charge >= 0.3 is 11.9 Å². The molecule has 3 aromatic rings. The first-order valence-corrected chi connectivity index (χ1v) is 7.93. The zero-order valence-electron chi connectivity index (χ0n) is 13.7. The zero-order valence-corrected chi connectivity index (χ0v) is 14.4. The molecule has 132 valence electrons. The van der Waals surface area contributed by atoms with Crippen molar-refractivity contribution < 1.29 is 23.5 Å². The number of carbonyl (C=O) groups is 2. The summed E-state index contributed by atoms with van der Waals surface area (Å²) < 4.78 is 15.2. The van der Waals surface area contributed by atoms with Crippen molar-refractivity contribution in [2.45, 2.75) is 6.61 Å². The molecule has 1 heterocycles. The van der Waals surface area contributed by atoms with Crippen LogP contribution in [0.3, 0.4) is 0 Å². The van der Waals surface area contributed by atoms with E-state index in [1.807, 2.05) is 0 Å². The topological polar surface area (TPSA) is 82.8 Å². The van der Waals surface area contributed by atoms with Gasteiger partial charge in [0.05, 0.1) is 18.1 Å². The summed E-state index contributed by atoms with van der Waals surface area (Å²) in [6.07, 6.45) is 0. The van der Waals surface area contributed by atoms with Crippen LogP contribution >= 0.6 is 11.6 Å². The van der Waals surface area contributed by atoms with Crippen molar-refractivity contribution in [2.24, 2.45) is 0 Å². The molecule has 2 aromatic carbocycles. The lowest BCUT2D eigenvalue weighted by Crippen LogP contribution is -2.10. The van der Waals surface area contributed by atoms with Crippen molar-refractivity contribution in [2.75, 3.05) is 7.11 Å². The minimum atomic E-state index is -0.768. The van der Waals surface area contributed by atoms with E-state index in [1.54, 1.807) is 30.3 Å². The van der Waals surface area contributed by atoms with E-state index in [4.69, 9.17) is 20.8 Å². The van der Waals surface area contributed by atoms with Gasteiger partial charge < -0.3 is 13.9 Å². The Hall–Kier alpha value is -3.12. The van der Waals surface area contributed by atoms with Crippen LogP contribution in [0.1, 0.15) is 26.5 Å². The second-order valence-electron chi connectivity index (χ2n) is 5.38. The molecule has 3 rings (SSSR count). The highest BCUT2D eigenvalue weighted by molar-refractivity contribution is 6.31. The number of hydrogen-bond donors (Lipinski definition) is 0. The number of benzene rings is 2. The number of ether oxygens (including phenoxy) is 2. The lowest BCUT2D eigenvalue weighted by molar-refractivity contribution is 0.0435. The Morgan fingerprint density at radius 1 is 1.04 bits per heavy atom. The molecule has 0 saturated heterocycles. The molecule has 0 aliphatic carbocycles. The molecule has 26 heavy (non-hydrogen) atoms. The van der Waals surface area contributed by atoms with Crippen LogP contribution in [0.15, 0.2) is 57.7 Å². The summed E-state index contributed by atoms with van der Waals surface area (Å²) in [5.41, 5.74) is 0.919. The van der Waals surface area contributed by atoms with Crippen LogP contribution in [0.25, 0.3) is 11.0 Å². The maximum Gasteiger partial charge on any atom is 0.374 e. The monoisotopic (exact) mass is 372 g/mol. The zero-order chi connectivity index (χ0) is 18.7. The minimum Gasteiger partial charge on any atom is -0.465 e. The van der Waals surface area contributed by atoms with Crippen molar-refractivity contribution in [1.29, 1.82) is 0 Å². The molecule has 6 nitrogen and oxygen atoms in total. The number of hydrogen-bond acceptors (Lipinski definition) is 6. The molecule has 0 atom stereocenters. The summed E-state index contributed by atoms with van der Waals surface area (Å²) >= 11 is 5.85. The molecule has 1 aromatic heterocycles. The standard InChI is InChI=1S/C19H13ClO6/c1-24-18(22)12-4-2-11(3-5-12)10-25-19(23)17-9-15(21)14-8-13(20)6-7-16(14)26-17/h2-9H,10H2,1H3. The maximum atomic E-state index is 12.1. The first-order chi connectivity index (χ1) is 12.5. The van der Waals surface area contributed by atoms with Crippen LogP contribution in [0.5, 0.6) is 0 Å². The van der Waals surface area contributed by atoms with Crippen molar-refractivity contribution in [3.63, 3.8) is 0 Å². The van der Waals surface area contributed by atoms with Gasteiger partial charge in [-0.1, -0.05) is 23.7 Å². The van der Waals surface area contributed by atoms with Crippen molar-refractivity contribution in [1.82, 2.24) is 0 Å². The number of fused-ring (bicyclic) bond motifs is 1. The average Bonchev–Trinajstić information content (AvgIpc) is 2.66. The molecule has 0 aliphatic heterocycles. The maximum absolute atomic E-state index is 12.1. The minimum absolute atomic E-state index is 0.0390. The van der Waals surface area contributed by atoms with Crippen LogP contribution in [0, 0.1) is 0 Å². The second-order valence-corrected chi connectivity index (χ2v) is 5.82. The van der Waals surface area contributed by atoms with Gasteiger partial charge in [-0.05, 0) is 35.9 Å². The van der Waals surface area contributed by atoms with E-state index >= 15 is 0 Å². The van der Waals surface area contributed by atoms with Gasteiger partial charge in [-0.2, -0.15) is 0 Å².